The molecule has 0 saturated heterocycles. The first-order valence-corrected chi connectivity index (χ1v) is 4.48. The minimum atomic E-state index is 0.173. The van der Waals surface area contributed by atoms with E-state index in [1.165, 1.54) is 0 Å². The van der Waals surface area contributed by atoms with Gasteiger partial charge in [0, 0.05) is 12.7 Å². The number of anilines is 1. The Labute approximate surface area is 84.0 Å². The summed E-state index contributed by atoms with van der Waals surface area (Å²) in [5, 5.41) is 11.7. The molecule has 0 aromatic carbocycles. The van der Waals surface area contributed by atoms with Crippen LogP contribution in [0.3, 0.4) is 0 Å². The molecule has 0 saturated carbocycles. The Morgan fingerprint density at radius 2 is 2.21 bits per heavy atom. The minimum absolute atomic E-state index is 0.173. The van der Waals surface area contributed by atoms with Crippen LogP contribution in [0.4, 0.5) is 5.95 Å². The lowest BCUT2D eigenvalue weighted by atomic mass is 9.97. The zero-order chi connectivity index (χ0) is 10.6. The average molecular weight is 190 g/mol. The van der Waals surface area contributed by atoms with Crippen molar-refractivity contribution < 1.29 is 0 Å². The van der Waals surface area contributed by atoms with Crippen LogP contribution in [0.1, 0.15) is 26.5 Å². The molecule has 14 heavy (non-hydrogen) atoms. The maximum Gasteiger partial charge on any atom is 0.223 e. The monoisotopic (exact) mass is 190 g/mol. The number of hydrogen-bond acceptors (Lipinski definition) is 4. The Morgan fingerprint density at radius 1 is 1.50 bits per heavy atom. The van der Waals surface area contributed by atoms with Crippen LogP contribution in [0.2, 0.25) is 0 Å². The topological polar surface area (TPSA) is 61.6 Å². The fraction of sp³-hybridized carbons (Fsp3) is 0.500. The molecule has 1 N–H and O–H groups in total. The van der Waals surface area contributed by atoms with Crippen LogP contribution in [0.5, 0.6) is 0 Å². The van der Waals surface area contributed by atoms with Crippen molar-refractivity contribution >= 4 is 5.95 Å². The van der Waals surface area contributed by atoms with Crippen molar-refractivity contribution in [2.45, 2.75) is 20.8 Å². The molecule has 4 heteroatoms. The standard InChI is InChI=1S/C10H14N4/c1-10(2,3)7-13-9-12-5-4-8(6-11)14-9/h4-5H,7H2,1-3H3,(H,12,13,14). The highest BCUT2D eigenvalue weighted by Crippen LogP contribution is 2.12. The fourth-order valence-electron chi connectivity index (χ4n) is 0.850. The lowest BCUT2D eigenvalue weighted by Crippen LogP contribution is -2.20. The van der Waals surface area contributed by atoms with Gasteiger partial charge < -0.3 is 5.32 Å². The van der Waals surface area contributed by atoms with Gasteiger partial charge in [0.15, 0.2) is 0 Å². The van der Waals surface area contributed by atoms with Gasteiger partial charge in [-0.3, -0.25) is 0 Å². The molecule has 1 rings (SSSR count). The normalized spacial score (nSPS) is 10.7. The molecular formula is C10H14N4. The third-order valence-corrected chi connectivity index (χ3v) is 1.55. The highest BCUT2D eigenvalue weighted by molar-refractivity contribution is 5.30. The maximum absolute atomic E-state index is 8.62. The Bertz CT molecular complexity index is 346. The van der Waals surface area contributed by atoms with E-state index in [4.69, 9.17) is 5.26 Å². The molecule has 1 aromatic heterocycles. The zero-order valence-electron chi connectivity index (χ0n) is 8.70. The largest absolute Gasteiger partial charge is 0.354 e. The Morgan fingerprint density at radius 3 is 2.79 bits per heavy atom. The summed E-state index contributed by atoms with van der Waals surface area (Å²) in [6.45, 7) is 7.14. The summed E-state index contributed by atoms with van der Waals surface area (Å²) in [7, 11) is 0. The predicted octanol–water partition coefficient (Wildman–Crippen LogP) is 1.81. The summed E-state index contributed by atoms with van der Waals surface area (Å²) in [5.74, 6) is 0.513. The molecule has 0 aliphatic heterocycles. The lowest BCUT2D eigenvalue weighted by molar-refractivity contribution is 0.442. The highest BCUT2D eigenvalue weighted by Gasteiger charge is 2.10. The number of nitrogens with zero attached hydrogens (tertiary/aromatic N) is 3. The van der Waals surface area contributed by atoms with Crippen molar-refractivity contribution in [2.75, 3.05) is 11.9 Å². The van der Waals surface area contributed by atoms with Crippen LogP contribution >= 0.6 is 0 Å². The van der Waals surface area contributed by atoms with Crippen LogP contribution in [-0.2, 0) is 0 Å². The van der Waals surface area contributed by atoms with E-state index in [0.29, 0.717) is 11.6 Å². The van der Waals surface area contributed by atoms with Crippen LogP contribution < -0.4 is 5.32 Å². The summed E-state index contributed by atoms with van der Waals surface area (Å²) in [6, 6.07) is 3.56. The molecule has 0 atom stereocenters. The van der Waals surface area contributed by atoms with Crippen LogP contribution in [0, 0.1) is 16.7 Å². The zero-order valence-corrected chi connectivity index (χ0v) is 8.70. The molecule has 0 aliphatic carbocycles. The maximum atomic E-state index is 8.62. The number of nitrogens with one attached hydrogen (secondary N) is 1. The van der Waals surface area contributed by atoms with E-state index in [1.54, 1.807) is 12.3 Å². The number of rotatable bonds is 2. The predicted molar refractivity (Wildman–Crippen MR) is 54.7 cm³/mol. The van der Waals surface area contributed by atoms with Gasteiger partial charge in [-0.15, -0.1) is 0 Å². The smallest absolute Gasteiger partial charge is 0.223 e. The van der Waals surface area contributed by atoms with Crippen molar-refractivity contribution in [3.63, 3.8) is 0 Å². The van der Waals surface area contributed by atoms with Crippen LogP contribution in [-0.4, -0.2) is 16.5 Å². The van der Waals surface area contributed by atoms with Gasteiger partial charge in [0.25, 0.3) is 0 Å². The quantitative estimate of drug-likeness (QED) is 0.772. The molecule has 0 spiro atoms. The molecular weight excluding hydrogens is 176 g/mol. The molecule has 1 heterocycles. The van der Waals surface area contributed by atoms with Gasteiger partial charge in [-0.2, -0.15) is 5.26 Å². The first-order valence-electron chi connectivity index (χ1n) is 4.48. The van der Waals surface area contributed by atoms with Crippen molar-refractivity contribution in [1.29, 1.82) is 5.26 Å². The highest BCUT2D eigenvalue weighted by atomic mass is 15.1. The molecule has 0 unspecified atom stereocenters. The molecule has 0 amide bonds. The Kier molecular flexibility index (Phi) is 3.03. The van der Waals surface area contributed by atoms with E-state index in [-0.39, 0.29) is 5.41 Å². The van der Waals surface area contributed by atoms with Gasteiger partial charge in [0.1, 0.15) is 11.8 Å². The van der Waals surface area contributed by atoms with E-state index in [2.05, 4.69) is 36.1 Å². The summed E-state index contributed by atoms with van der Waals surface area (Å²) < 4.78 is 0. The number of nitriles is 1. The fourth-order valence-corrected chi connectivity index (χ4v) is 0.850. The van der Waals surface area contributed by atoms with Gasteiger partial charge in [-0.05, 0) is 11.5 Å². The molecule has 0 bridgehead atoms. The molecule has 4 nitrogen and oxygen atoms in total. The van der Waals surface area contributed by atoms with E-state index >= 15 is 0 Å². The summed E-state index contributed by atoms with van der Waals surface area (Å²) in [4.78, 5) is 8.03. The minimum Gasteiger partial charge on any atom is -0.354 e. The second kappa shape index (κ2) is 4.05. The number of aromatic nitrogens is 2. The third-order valence-electron chi connectivity index (χ3n) is 1.55. The van der Waals surface area contributed by atoms with E-state index < -0.39 is 0 Å². The lowest BCUT2D eigenvalue weighted by Gasteiger charge is -2.18. The summed E-state index contributed by atoms with van der Waals surface area (Å²) >= 11 is 0. The van der Waals surface area contributed by atoms with Crippen molar-refractivity contribution in [1.82, 2.24) is 9.97 Å². The molecule has 1 aromatic rings. The van der Waals surface area contributed by atoms with E-state index in [0.717, 1.165) is 6.54 Å². The molecule has 0 radical (unpaired) electrons. The molecule has 74 valence electrons. The van der Waals surface area contributed by atoms with Gasteiger partial charge >= 0.3 is 0 Å². The van der Waals surface area contributed by atoms with Crippen LogP contribution in [0.15, 0.2) is 12.3 Å². The summed E-state index contributed by atoms with van der Waals surface area (Å²) in [6.07, 6.45) is 1.58. The summed E-state index contributed by atoms with van der Waals surface area (Å²) in [5.41, 5.74) is 0.558. The Hall–Kier alpha value is -1.63. The Balaban J connectivity index is 2.65. The number of hydrogen-bond donors (Lipinski definition) is 1. The van der Waals surface area contributed by atoms with Gasteiger partial charge in [0.2, 0.25) is 5.95 Å². The van der Waals surface area contributed by atoms with Crippen LogP contribution in [0.25, 0.3) is 0 Å². The van der Waals surface area contributed by atoms with Crippen molar-refractivity contribution in [3.8, 4) is 6.07 Å². The van der Waals surface area contributed by atoms with Gasteiger partial charge in [-0.1, -0.05) is 20.8 Å². The van der Waals surface area contributed by atoms with Crippen molar-refractivity contribution in [2.24, 2.45) is 5.41 Å². The SMILES string of the molecule is CC(C)(C)CNc1nccc(C#N)n1. The second-order valence-corrected chi connectivity index (χ2v) is 4.29. The van der Waals surface area contributed by atoms with Gasteiger partial charge in [-0.25, -0.2) is 9.97 Å². The second-order valence-electron chi connectivity index (χ2n) is 4.29. The van der Waals surface area contributed by atoms with Crippen molar-refractivity contribution in [3.05, 3.63) is 18.0 Å². The first-order chi connectivity index (χ1) is 6.51. The van der Waals surface area contributed by atoms with E-state index in [1.807, 2.05) is 6.07 Å². The molecule has 0 fully saturated rings. The first kappa shape index (κ1) is 10.5. The third kappa shape index (κ3) is 3.40. The van der Waals surface area contributed by atoms with E-state index in [9.17, 15) is 0 Å². The molecule has 0 aliphatic rings. The van der Waals surface area contributed by atoms with Gasteiger partial charge in [0.05, 0.1) is 0 Å². The average Bonchev–Trinajstić information content (AvgIpc) is 2.14.